The first-order valence-corrected chi connectivity index (χ1v) is 9.21. The van der Waals surface area contributed by atoms with Gasteiger partial charge in [0.05, 0.1) is 11.3 Å². The second kappa shape index (κ2) is 8.05. The zero-order valence-electron chi connectivity index (χ0n) is 15.5. The number of anilines is 1. The van der Waals surface area contributed by atoms with Gasteiger partial charge in [0.15, 0.2) is 0 Å². The molecule has 0 radical (unpaired) electrons. The number of carbonyl (C=O) groups excluding carboxylic acids is 1. The van der Waals surface area contributed by atoms with Crippen LogP contribution in [0.15, 0.2) is 55.4 Å². The molecule has 0 spiro atoms. The number of nitro groups is 1. The van der Waals surface area contributed by atoms with E-state index in [0.29, 0.717) is 11.6 Å². The van der Waals surface area contributed by atoms with Gasteiger partial charge in [-0.05, 0) is 31.0 Å². The van der Waals surface area contributed by atoms with Crippen molar-refractivity contribution < 1.29 is 9.72 Å². The minimum Gasteiger partial charge on any atom is -0.349 e. The Bertz CT molecular complexity index is 1000. The average Bonchev–Trinajstić information content (AvgIpc) is 3.29. The molecule has 0 saturated carbocycles. The fraction of sp³-hybridized carbons (Fsp3) is 0.263. The highest BCUT2D eigenvalue weighted by Crippen LogP contribution is 2.24. The lowest BCUT2D eigenvalue weighted by molar-refractivity contribution is -0.384. The van der Waals surface area contributed by atoms with Gasteiger partial charge in [-0.1, -0.05) is 0 Å². The molecule has 10 heteroatoms. The molecular formula is C19H19N7O3. The summed E-state index contributed by atoms with van der Waals surface area (Å²) in [7, 11) is 0. The molecule has 3 heterocycles. The van der Waals surface area contributed by atoms with Crippen molar-refractivity contribution in [2.45, 2.75) is 18.9 Å². The number of benzene rings is 1. The molecule has 1 fully saturated rings. The molecule has 1 amide bonds. The van der Waals surface area contributed by atoms with Crippen molar-refractivity contribution in [2.75, 3.05) is 18.0 Å². The molecule has 0 unspecified atom stereocenters. The van der Waals surface area contributed by atoms with Gasteiger partial charge in [0.2, 0.25) is 5.95 Å². The third-order valence-electron chi connectivity index (χ3n) is 4.88. The van der Waals surface area contributed by atoms with E-state index in [1.165, 1.54) is 18.6 Å². The molecule has 0 bridgehead atoms. The number of aromatic nitrogens is 4. The molecule has 1 aliphatic heterocycles. The predicted octanol–water partition coefficient (Wildman–Crippen LogP) is 1.97. The Labute approximate surface area is 166 Å². The summed E-state index contributed by atoms with van der Waals surface area (Å²) < 4.78 is 1.54. The van der Waals surface area contributed by atoms with Crippen LogP contribution in [0.4, 0.5) is 11.6 Å². The summed E-state index contributed by atoms with van der Waals surface area (Å²) in [6.45, 7) is 1.46. The van der Waals surface area contributed by atoms with Gasteiger partial charge >= 0.3 is 0 Å². The normalized spacial score (nSPS) is 14.6. The summed E-state index contributed by atoms with van der Waals surface area (Å²) in [5.41, 5.74) is 0.473. The van der Waals surface area contributed by atoms with Gasteiger partial charge in [-0.15, -0.1) is 0 Å². The fourth-order valence-electron chi connectivity index (χ4n) is 3.38. The predicted molar refractivity (Wildman–Crippen MR) is 105 cm³/mol. The number of piperidine rings is 1. The standard InChI is InChI=1S/C19H19N7O3/c27-18(23-15-4-9-24(10-5-15)19-21-6-1-7-22-19)14-2-3-16(17(12-14)26(28)29)25-11-8-20-13-25/h1-3,6-8,11-13,15H,4-5,9-10H2,(H,23,27). The maximum Gasteiger partial charge on any atom is 0.294 e. The number of nitro benzene ring substituents is 1. The Morgan fingerprint density at radius 2 is 1.93 bits per heavy atom. The molecule has 4 rings (SSSR count). The number of hydrogen-bond acceptors (Lipinski definition) is 7. The first-order valence-electron chi connectivity index (χ1n) is 9.21. The third-order valence-corrected chi connectivity index (χ3v) is 4.88. The van der Waals surface area contributed by atoms with Crippen LogP contribution in [0.1, 0.15) is 23.2 Å². The highest BCUT2D eigenvalue weighted by Gasteiger charge is 2.24. The summed E-state index contributed by atoms with van der Waals surface area (Å²) in [5.74, 6) is 0.364. The molecule has 0 aliphatic carbocycles. The monoisotopic (exact) mass is 393 g/mol. The van der Waals surface area contributed by atoms with Crippen LogP contribution in [0.3, 0.4) is 0 Å². The topological polar surface area (TPSA) is 119 Å². The lowest BCUT2D eigenvalue weighted by Crippen LogP contribution is -2.45. The lowest BCUT2D eigenvalue weighted by Gasteiger charge is -2.32. The van der Waals surface area contributed by atoms with Crippen LogP contribution in [0.25, 0.3) is 5.69 Å². The third kappa shape index (κ3) is 4.05. The number of rotatable bonds is 5. The van der Waals surface area contributed by atoms with Crippen LogP contribution >= 0.6 is 0 Å². The second-order valence-electron chi connectivity index (χ2n) is 6.71. The van der Waals surface area contributed by atoms with Crippen molar-refractivity contribution in [3.8, 4) is 5.69 Å². The van der Waals surface area contributed by atoms with Crippen molar-refractivity contribution in [2.24, 2.45) is 0 Å². The van der Waals surface area contributed by atoms with Crippen LogP contribution in [0.2, 0.25) is 0 Å². The Hall–Kier alpha value is -3.82. The maximum atomic E-state index is 12.6. The van der Waals surface area contributed by atoms with Crippen molar-refractivity contribution in [3.05, 3.63) is 71.1 Å². The minimum absolute atomic E-state index is 0.00477. The Morgan fingerprint density at radius 3 is 2.59 bits per heavy atom. The van der Waals surface area contributed by atoms with Crippen LogP contribution in [0, 0.1) is 10.1 Å². The quantitative estimate of drug-likeness (QED) is 0.520. The molecule has 3 aromatic rings. The van der Waals surface area contributed by atoms with E-state index in [0.717, 1.165) is 25.9 Å². The van der Waals surface area contributed by atoms with E-state index < -0.39 is 4.92 Å². The minimum atomic E-state index is -0.496. The first-order chi connectivity index (χ1) is 14.1. The van der Waals surface area contributed by atoms with E-state index in [-0.39, 0.29) is 23.2 Å². The zero-order valence-corrected chi connectivity index (χ0v) is 15.5. The van der Waals surface area contributed by atoms with E-state index in [9.17, 15) is 14.9 Å². The van der Waals surface area contributed by atoms with Gasteiger partial charge < -0.3 is 14.8 Å². The summed E-state index contributed by atoms with van der Waals surface area (Å²) in [5, 5.41) is 14.5. The van der Waals surface area contributed by atoms with Crippen molar-refractivity contribution in [1.29, 1.82) is 0 Å². The van der Waals surface area contributed by atoms with Crippen LogP contribution < -0.4 is 10.2 Å². The molecule has 29 heavy (non-hydrogen) atoms. The zero-order chi connectivity index (χ0) is 20.2. The molecule has 10 nitrogen and oxygen atoms in total. The van der Waals surface area contributed by atoms with Crippen molar-refractivity contribution in [3.63, 3.8) is 0 Å². The Kier molecular flexibility index (Phi) is 5.14. The highest BCUT2D eigenvalue weighted by molar-refractivity contribution is 5.95. The molecule has 1 aromatic carbocycles. The summed E-state index contributed by atoms with van der Waals surface area (Å²) >= 11 is 0. The van der Waals surface area contributed by atoms with Crippen LogP contribution in [-0.2, 0) is 0 Å². The number of amides is 1. The highest BCUT2D eigenvalue weighted by atomic mass is 16.6. The smallest absolute Gasteiger partial charge is 0.294 e. The molecule has 1 N–H and O–H groups in total. The molecule has 1 aliphatic rings. The largest absolute Gasteiger partial charge is 0.349 e. The lowest BCUT2D eigenvalue weighted by atomic mass is 10.0. The maximum absolute atomic E-state index is 12.6. The van der Waals surface area contributed by atoms with Crippen LogP contribution in [-0.4, -0.2) is 49.5 Å². The van der Waals surface area contributed by atoms with Crippen molar-refractivity contribution >= 4 is 17.5 Å². The molecule has 148 valence electrons. The van der Waals surface area contributed by atoms with Crippen LogP contribution in [0.5, 0.6) is 0 Å². The molecular weight excluding hydrogens is 374 g/mol. The molecule has 2 aromatic heterocycles. The second-order valence-corrected chi connectivity index (χ2v) is 6.71. The van der Waals surface area contributed by atoms with Gasteiger partial charge in [0.1, 0.15) is 5.69 Å². The van der Waals surface area contributed by atoms with Gasteiger partial charge in [-0.3, -0.25) is 14.9 Å². The number of carbonyl (C=O) groups is 1. The number of nitrogens with one attached hydrogen (secondary N) is 1. The Morgan fingerprint density at radius 1 is 1.17 bits per heavy atom. The SMILES string of the molecule is O=C(NC1CCN(c2ncccn2)CC1)c1ccc(-n2ccnc2)c([N+](=O)[O-])c1. The summed E-state index contributed by atoms with van der Waals surface area (Å²) in [6, 6.07) is 6.22. The molecule has 1 saturated heterocycles. The van der Waals surface area contributed by atoms with E-state index in [2.05, 4.69) is 25.2 Å². The van der Waals surface area contributed by atoms with E-state index in [1.54, 1.807) is 41.4 Å². The summed E-state index contributed by atoms with van der Waals surface area (Å²) in [6.07, 6.45) is 9.54. The van der Waals surface area contributed by atoms with Gasteiger partial charge in [0, 0.05) is 55.5 Å². The number of imidazole rings is 1. The first kappa shape index (κ1) is 18.5. The van der Waals surface area contributed by atoms with E-state index >= 15 is 0 Å². The molecule has 0 atom stereocenters. The fourth-order valence-corrected chi connectivity index (χ4v) is 3.38. The van der Waals surface area contributed by atoms with Gasteiger partial charge in [0.25, 0.3) is 11.6 Å². The van der Waals surface area contributed by atoms with E-state index in [4.69, 9.17) is 0 Å². The van der Waals surface area contributed by atoms with Gasteiger partial charge in [-0.2, -0.15) is 0 Å². The number of nitrogens with zero attached hydrogens (tertiary/aromatic N) is 6. The summed E-state index contributed by atoms with van der Waals surface area (Å²) in [4.78, 5) is 38.1. The Balaban J connectivity index is 1.43. The average molecular weight is 393 g/mol. The van der Waals surface area contributed by atoms with E-state index in [1.807, 2.05) is 0 Å². The van der Waals surface area contributed by atoms with Gasteiger partial charge in [-0.25, -0.2) is 15.0 Å². The van der Waals surface area contributed by atoms with Crippen molar-refractivity contribution in [1.82, 2.24) is 24.8 Å². The number of hydrogen-bond donors (Lipinski definition) is 1.